The molecule has 0 saturated carbocycles. The average Bonchev–Trinajstić information content (AvgIpc) is 2.58. The number of carbonyl (C=O) groups is 2. The Morgan fingerprint density at radius 3 is 2.21 bits per heavy atom. The largest absolute Gasteiger partial charge is 0.444 e. The first kappa shape index (κ1) is 23.9. The summed E-state index contributed by atoms with van der Waals surface area (Å²) in [7, 11) is 1.37. The second kappa shape index (κ2) is 11.0. The van der Waals surface area contributed by atoms with Gasteiger partial charge >= 0.3 is 6.09 Å². The Kier molecular flexibility index (Phi) is 9.41. The van der Waals surface area contributed by atoms with E-state index in [1.165, 1.54) is 7.11 Å². The summed E-state index contributed by atoms with van der Waals surface area (Å²) in [4.78, 5) is 25.0. The number of ether oxygens (including phenoxy) is 2. The molecule has 0 aliphatic rings. The molecule has 0 aliphatic carbocycles. The molecule has 7 heteroatoms. The van der Waals surface area contributed by atoms with Gasteiger partial charge in [0.05, 0.1) is 6.04 Å². The second-order valence-electron chi connectivity index (χ2n) is 8.26. The van der Waals surface area contributed by atoms with E-state index in [1.807, 2.05) is 44.2 Å². The van der Waals surface area contributed by atoms with Crippen LogP contribution in [0.25, 0.3) is 0 Å². The minimum absolute atomic E-state index is 0.172. The zero-order valence-electron chi connectivity index (χ0n) is 17.7. The van der Waals surface area contributed by atoms with Crippen LogP contribution in [0.5, 0.6) is 0 Å². The smallest absolute Gasteiger partial charge is 0.408 e. The molecule has 3 N–H and O–H groups in total. The Hall–Kier alpha value is -2.12. The summed E-state index contributed by atoms with van der Waals surface area (Å²) >= 11 is 0. The van der Waals surface area contributed by atoms with Crippen molar-refractivity contribution in [1.29, 1.82) is 0 Å². The van der Waals surface area contributed by atoms with E-state index in [0.29, 0.717) is 12.8 Å². The highest BCUT2D eigenvalue weighted by molar-refractivity contribution is 5.86. The molecule has 0 saturated heterocycles. The van der Waals surface area contributed by atoms with E-state index >= 15 is 0 Å². The first-order chi connectivity index (χ1) is 13.0. The van der Waals surface area contributed by atoms with Crippen molar-refractivity contribution in [2.45, 2.75) is 71.4 Å². The fraction of sp³-hybridized carbons (Fsp3) is 0.619. The molecule has 0 aliphatic heterocycles. The van der Waals surface area contributed by atoms with Crippen LogP contribution < -0.4 is 10.6 Å². The third-order valence-electron chi connectivity index (χ3n) is 3.93. The molecule has 1 rings (SSSR count). The molecule has 0 bridgehead atoms. The summed E-state index contributed by atoms with van der Waals surface area (Å²) in [5, 5.41) is 15.6. The van der Waals surface area contributed by atoms with Crippen LogP contribution in [0.15, 0.2) is 30.3 Å². The highest BCUT2D eigenvalue weighted by atomic mass is 16.6. The number of carbonyl (C=O) groups excluding carboxylic acids is 2. The first-order valence-electron chi connectivity index (χ1n) is 9.56. The maximum atomic E-state index is 12.9. The van der Waals surface area contributed by atoms with Crippen molar-refractivity contribution < 1.29 is 24.2 Å². The molecule has 7 nitrogen and oxygen atoms in total. The number of rotatable bonds is 9. The quantitative estimate of drug-likeness (QED) is 0.560. The van der Waals surface area contributed by atoms with E-state index in [1.54, 1.807) is 20.8 Å². The molecule has 1 aromatic carbocycles. The minimum atomic E-state index is -1.18. The van der Waals surface area contributed by atoms with Crippen LogP contribution in [-0.4, -0.2) is 48.2 Å². The van der Waals surface area contributed by atoms with Gasteiger partial charge in [-0.15, -0.1) is 0 Å². The van der Waals surface area contributed by atoms with E-state index in [0.717, 1.165) is 5.56 Å². The van der Waals surface area contributed by atoms with Crippen LogP contribution in [0.3, 0.4) is 0 Å². The minimum Gasteiger partial charge on any atom is -0.444 e. The van der Waals surface area contributed by atoms with Crippen molar-refractivity contribution in [3.05, 3.63) is 35.9 Å². The van der Waals surface area contributed by atoms with Gasteiger partial charge < -0.3 is 25.2 Å². The van der Waals surface area contributed by atoms with E-state index < -0.39 is 36.0 Å². The SMILES string of the molecule is COC(O)[C@H](Cc1ccccc1)NC(=O)[C@H](CC(C)C)NC(=O)OC(C)(C)C. The molecule has 3 atom stereocenters. The molecule has 2 amide bonds. The highest BCUT2D eigenvalue weighted by Crippen LogP contribution is 2.12. The Morgan fingerprint density at radius 2 is 1.71 bits per heavy atom. The van der Waals surface area contributed by atoms with Crippen molar-refractivity contribution in [1.82, 2.24) is 10.6 Å². The maximum Gasteiger partial charge on any atom is 0.408 e. The molecular formula is C21H34N2O5. The van der Waals surface area contributed by atoms with Gasteiger partial charge in [-0.1, -0.05) is 44.2 Å². The number of aliphatic hydroxyl groups is 1. The van der Waals surface area contributed by atoms with Gasteiger partial charge in [-0.3, -0.25) is 4.79 Å². The van der Waals surface area contributed by atoms with Gasteiger partial charge in [-0.2, -0.15) is 0 Å². The van der Waals surface area contributed by atoms with Gasteiger partial charge in [0.15, 0.2) is 6.29 Å². The van der Waals surface area contributed by atoms with Gasteiger partial charge in [0.1, 0.15) is 11.6 Å². The Balaban J connectivity index is 2.87. The standard InChI is InChI=1S/C21H34N2O5/c1-14(2)12-16(23-20(26)28-21(3,4)5)18(24)22-17(19(25)27-6)13-15-10-8-7-9-11-15/h7-11,14,16-17,19,25H,12-13H2,1-6H3,(H,22,24)(H,23,26)/t16-,17-,19?/m0/s1. The number of hydrogen-bond donors (Lipinski definition) is 3. The first-order valence-corrected chi connectivity index (χ1v) is 9.56. The van der Waals surface area contributed by atoms with Crippen LogP contribution in [0.4, 0.5) is 4.79 Å². The van der Waals surface area contributed by atoms with Crippen LogP contribution in [0.1, 0.15) is 46.6 Å². The van der Waals surface area contributed by atoms with Crippen LogP contribution in [0, 0.1) is 5.92 Å². The lowest BCUT2D eigenvalue weighted by Crippen LogP contribution is -2.54. The van der Waals surface area contributed by atoms with Gasteiger partial charge in [-0.05, 0) is 45.1 Å². The fourth-order valence-electron chi connectivity index (χ4n) is 2.69. The molecule has 1 unspecified atom stereocenters. The van der Waals surface area contributed by atoms with Gasteiger partial charge in [0.2, 0.25) is 5.91 Å². The van der Waals surface area contributed by atoms with Crippen LogP contribution >= 0.6 is 0 Å². The predicted molar refractivity (Wildman–Crippen MR) is 108 cm³/mol. The second-order valence-corrected chi connectivity index (χ2v) is 8.26. The lowest BCUT2D eigenvalue weighted by atomic mass is 10.0. The third kappa shape index (κ3) is 9.19. The molecule has 0 spiro atoms. The van der Waals surface area contributed by atoms with E-state index in [4.69, 9.17) is 9.47 Å². The molecule has 0 radical (unpaired) electrons. The van der Waals surface area contributed by atoms with E-state index in [-0.39, 0.29) is 5.92 Å². The Morgan fingerprint density at radius 1 is 1.11 bits per heavy atom. The van der Waals surface area contributed by atoms with Crippen LogP contribution in [0.2, 0.25) is 0 Å². The summed E-state index contributed by atoms with van der Waals surface area (Å²) in [6, 6.07) is 8.05. The Bertz CT molecular complexity index is 613. The third-order valence-corrected chi connectivity index (χ3v) is 3.93. The van der Waals surface area contributed by atoms with Crippen molar-refractivity contribution in [2.24, 2.45) is 5.92 Å². The van der Waals surface area contributed by atoms with Gasteiger partial charge in [0.25, 0.3) is 0 Å². The van der Waals surface area contributed by atoms with Crippen molar-refractivity contribution in [2.75, 3.05) is 7.11 Å². The lowest BCUT2D eigenvalue weighted by Gasteiger charge is -2.28. The summed E-state index contributed by atoms with van der Waals surface area (Å²) in [6.07, 6.45) is -1.00. The zero-order chi connectivity index (χ0) is 21.3. The molecule has 158 valence electrons. The number of methoxy groups -OCH3 is 1. The molecule has 1 aromatic rings. The van der Waals surface area contributed by atoms with Crippen LogP contribution in [-0.2, 0) is 20.7 Å². The summed E-state index contributed by atoms with van der Waals surface area (Å²) in [5.41, 5.74) is 0.287. The number of alkyl carbamates (subject to hydrolysis) is 1. The lowest BCUT2D eigenvalue weighted by molar-refractivity contribution is -0.132. The molecule has 0 aromatic heterocycles. The van der Waals surface area contributed by atoms with Crippen molar-refractivity contribution in [3.63, 3.8) is 0 Å². The van der Waals surface area contributed by atoms with Gasteiger partial charge in [-0.25, -0.2) is 4.79 Å². The van der Waals surface area contributed by atoms with E-state index in [2.05, 4.69) is 10.6 Å². The predicted octanol–water partition coefficient (Wildman–Crippen LogP) is 2.62. The fourth-order valence-corrected chi connectivity index (χ4v) is 2.69. The zero-order valence-corrected chi connectivity index (χ0v) is 17.7. The molecule has 0 heterocycles. The summed E-state index contributed by atoms with van der Waals surface area (Å²) in [5.74, 6) is -0.220. The van der Waals surface area contributed by atoms with Gasteiger partial charge in [0, 0.05) is 7.11 Å². The normalized spacial score (nSPS) is 14.9. The molecular weight excluding hydrogens is 360 g/mol. The summed E-state index contributed by atoms with van der Waals surface area (Å²) in [6.45, 7) is 9.20. The maximum absolute atomic E-state index is 12.9. The number of nitrogens with one attached hydrogen (secondary N) is 2. The number of aliphatic hydroxyl groups excluding tert-OH is 1. The average molecular weight is 395 g/mol. The topological polar surface area (TPSA) is 96.9 Å². The number of hydrogen-bond acceptors (Lipinski definition) is 5. The highest BCUT2D eigenvalue weighted by Gasteiger charge is 2.29. The number of amides is 2. The van der Waals surface area contributed by atoms with E-state index in [9.17, 15) is 14.7 Å². The molecule has 0 fully saturated rings. The summed E-state index contributed by atoms with van der Waals surface area (Å²) < 4.78 is 10.3. The number of benzene rings is 1. The Labute approximate surface area is 167 Å². The van der Waals surface area contributed by atoms with Crippen molar-refractivity contribution >= 4 is 12.0 Å². The van der Waals surface area contributed by atoms with Crippen molar-refractivity contribution in [3.8, 4) is 0 Å². The molecule has 28 heavy (non-hydrogen) atoms. The monoisotopic (exact) mass is 394 g/mol.